The van der Waals surface area contributed by atoms with Crippen LogP contribution >= 0.6 is 11.8 Å². The van der Waals surface area contributed by atoms with E-state index in [0.717, 1.165) is 9.20 Å². The van der Waals surface area contributed by atoms with Crippen LogP contribution in [0.4, 0.5) is 17.2 Å². The van der Waals surface area contributed by atoms with Gasteiger partial charge in [0.25, 0.3) is 26.0 Å². The van der Waals surface area contributed by atoms with Gasteiger partial charge in [-0.25, -0.2) is 21.8 Å². The minimum atomic E-state index is -3.84. The van der Waals surface area contributed by atoms with E-state index < -0.39 is 26.0 Å². The van der Waals surface area contributed by atoms with Crippen molar-refractivity contribution in [3.05, 3.63) is 103 Å². The smallest absolute Gasteiger partial charge is 0.264 e. The number of anilines is 3. The molecule has 12 heteroatoms. The van der Waals surface area contributed by atoms with Gasteiger partial charge in [-0.2, -0.15) is 0 Å². The van der Waals surface area contributed by atoms with E-state index in [1.165, 1.54) is 67.5 Å². The van der Waals surface area contributed by atoms with E-state index in [-0.39, 0.29) is 15.6 Å². The number of nitrogens with one attached hydrogen (secondary N) is 2. The highest BCUT2D eigenvalue weighted by Gasteiger charge is 2.21. The van der Waals surface area contributed by atoms with Crippen molar-refractivity contribution in [3.8, 4) is 0 Å². The monoisotopic (exact) mass is 568 g/mol. The topological polar surface area (TPSA) is 126 Å². The summed E-state index contributed by atoms with van der Waals surface area (Å²) in [7, 11) is -6.16. The first-order chi connectivity index (χ1) is 18.1. The number of nitrogens with zero attached hydrogens (tertiary/aromatic N) is 2. The summed E-state index contributed by atoms with van der Waals surface area (Å²) >= 11 is 1.52. The molecule has 0 aliphatic rings. The molecule has 4 aromatic rings. The number of carbonyl (C=O) groups is 1. The predicted octanol–water partition coefficient (Wildman–Crippen LogP) is 4.68. The number of thioether (sulfide) groups is 1. The van der Waals surface area contributed by atoms with E-state index in [1.54, 1.807) is 48.5 Å². The molecule has 3 aromatic carbocycles. The average molecular weight is 569 g/mol. The first-order valence-electron chi connectivity index (χ1n) is 11.2. The predicted molar refractivity (Wildman–Crippen MR) is 150 cm³/mol. The number of pyridine rings is 1. The highest BCUT2D eigenvalue weighted by Crippen LogP contribution is 2.25. The maximum Gasteiger partial charge on any atom is 0.264 e. The van der Waals surface area contributed by atoms with Crippen molar-refractivity contribution in [3.63, 3.8) is 0 Å². The van der Waals surface area contributed by atoms with Gasteiger partial charge in [-0.1, -0.05) is 6.07 Å². The summed E-state index contributed by atoms with van der Waals surface area (Å²) in [4.78, 5) is 17.8. The molecule has 4 rings (SSSR count). The third-order valence-electron chi connectivity index (χ3n) is 5.54. The molecule has 0 fully saturated rings. The van der Waals surface area contributed by atoms with Crippen molar-refractivity contribution >= 4 is 54.9 Å². The van der Waals surface area contributed by atoms with E-state index in [4.69, 9.17) is 0 Å². The Balaban J connectivity index is 1.42. The fraction of sp³-hybridized carbons (Fsp3) is 0.0769. The molecule has 0 spiro atoms. The minimum Gasteiger partial charge on any atom is -0.322 e. The largest absolute Gasteiger partial charge is 0.322 e. The van der Waals surface area contributed by atoms with Gasteiger partial charge < -0.3 is 5.32 Å². The number of hydrogen-bond acceptors (Lipinski definition) is 7. The molecule has 1 heterocycles. The molecule has 2 N–H and O–H groups in total. The summed E-state index contributed by atoms with van der Waals surface area (Å²) in [5.41, 5.74) is 1.09. The Kier molecular flexibility index (Phi) is 8.05. The van der Waals surface area contributed by atoms with Gasteiger partial charge in [0.1, 0.15) is 5.82 Å². The lowest BCUT2D eigenvalue weighted by Crippen LogP contribution is -2.26. The molecule has 196 valence electrons. The highest BCUT2D eigenvalue weighted by atomic mass is 32.2. The van der Waals surface area contributed by atoms with E-state index >= 15 is 0 Å². The maximum atomic E-state index is 13.0. The Morgan fingerprint density at radius 2 is 1.45 bits per heavy atom. The Morgan fingerprint density at radius 1 is 0.816 bits per heavy atom. The second-order valence-electron chi connectivity index (χ2n) is 7.99. The van der Waals surface area contributed by atoms with Gasteiger partial charge in [-0.3, -0.25) is 13.8 Å². The summed E-state index contributed by atoms with van der Waals surface area (Å²) < 4.78 is 54.6. The Bertz CT molecular complexity index is 1630. The number of aromatic nitrogens is 1. The fourth-order valence-electron chi connectivity index (χ4n) is 3.41. The molecule has 0 radical (unpaired) electrons. The molecule has 38 heavy (non-hydrogen) atoms. The Hall–Kier alpha value is -3.87. The Labute approximate surface area is 226 Å². The molecule has 0 unspecified atom stereocenters. The van der Waals surface area contributed by atoms with Crippen LogP contribution in [0.3, 0.4) is 0 Å². The highest BCUT2D eigenvalue weighted by molar-refractivity contribution is 7.98. The van der Waals surface area contributed by atoms with Crippen molar-refractivity contribution in [2.24, 2.45) is 0 Å². The van der Waals surface area contributed by atoms with Crippen molar-refractivity contribution < 1.29 is 21.6 Å². The van der Waals surface area contributed by atoms with Gasteiger partial charge in [-0.05, 0) is 91.2 Å². The van der Waals surface area contributed by atoms with Crippen molar-refractivity contribution in [2.75, 3.05) is 27.6 Å². The van der Waals surface area contributed by atoms with Gasteiger partial charge in [-0.15, -0.1) is 11.8 Å². The second kappa shape index (κ2) is 11.3. The minimum absolute atomic E-state index is 0.0119. The summed E-state index contributed by atoms with van der Waals surface area (Å²) in [6.07, 6.45) is 3.39. The number of hydrogen-bond donors (Lipinski definition) is 2. The number of benzene rings is 3. The van der Waals surface area contributed by atoms with E-state index in [1.807, 2.05) is 6.26 Å². The molecular formula is C26H24N4O5S3. The van der Waals surface area contributed by atoms with Gasteiger partial charge in [0.15, 0.2) is 0 Å². The Morgan fingerprint density at radius 3 is 2.03 bits per heavy atom. The lowest BCUT2D eigenvalue weighted by atomic mass is 10.2. The third kappa shape index (κ3) is 6.15. The number of rotatable bonds is 9. The zero-order chi connectivity index (χ0) is 27.3. The molecule has 9 nitrogen and oxygen atoms in total. The lowest BCUT2D eigenvalue weighted by Gasteiger charge is -2.20. The summed E-state index contributed by atoms with van der Waals surface area (Å²) in [5, 5.41) is 2.70. The van der Waals surface area contributed by atoms with Crippen LogP contribution in [-0.4, -0.2) is 41.0 Å². The van der Waals surface area contributed by atoms with Gasteiger partial charge in [0, 0.05) is 29.4 Å². The second-order valence-corrected chi connectivity index (χ2v) is 12.5. The van der Waals surface area contributed by atoms with E-state index in [0.29, 0.717) is 16.9 Å². The molecule has 1 amide bonds. The molecule has 1 aromatic heterocycles. The molecule has 0 bridgehead atoms. The van der Waals surface area contributed by atoms with Crippen molar-refractivity contribution in [1.29, 1.82) is 0 Å². The van der Waals surface area contributed by atoms with Crippen molar-refractivity contribution in [1.82, 2.24) is 4.98 Å². The number of sulfonamides is 2. The molecule has 0 aliphatic heterocycles. The fourth-order valence-corrected chi connectivity index (χ4v) is 6.02. The van der Waals surface area contributed by atoms with Crippen molar-refractivity contribution in [2.45, 2.75) is 14.7 Å². The van der Waals surface area contributed by atoms with Crippen LogP contribution in [0.2, 0.25) is 0 Å². The maximum absolute atomic E-state index is 13.0. The van der Waals surface area contributed by atoms with Crippen LogP contribution in [0.25, 0.3) is 0 Å². The normalized spacial score (nSPS) is 11.5. The first-order valence-corrected chi connectivity index (χ1v) is 15.3. The molecule has 0 saturated heterocycles. The van der Waals surface area contributed by atoms with Crippen LogP contribution in [0.15, 0.2) is 112 Å². The van der Waals surface area contributed by atoms with Gasteiger partial charge in [0.2, 0.25) is 0 Å². The molecule has 0 atom stereocenters. The average Bonchev–Trinajstić information content (AvgIpc) is 2.93. The van der Waals surface area contributed by atoms with Crippen LogP contribution < -0.4 is 14.3 Å². The summed E-state index contributed by atoms with van der Waals surface area (Å²) in [6.45, 7) is 0. The number of amides is 1. The quantitative estimate of drug-likeness (QED) is 0.281. The SMILES string of the molecule is CSc1ccc(S(=O)(=O)N(C)c2ccc(C(=O)Nc3ccc(S(=O)(=O)Nc4ccccn4)cc3)cc2)cc1. The standard InChI is InChI=1S/C26H24N4O5S3/c1-30(38(34,35)24-16-12-22(36-2)13-17-24)21-10-6-19(7-11-21)26(31)28-20-8-14-23(15-9-20)37(32,33)29-25-5-3-4-18-27-25/h3-18H,1-2H3,(H,27,29)(H,28,31). The van der Waals surface area contributed by atoms with Crippen LogP contribution in [0, 0.1) is 0 Å². The molecular weight excluding hydrogens is 545 g/mol. The van der Waals surface area contributed by atoms with Crippen LogP contribution in [-0.2, 0) is 20.0 Å². The summed E-state index contributed by atoms with van der Waals surface area (Å²) in [5.74, 6) is -0.239. The molecule has 0 saturated carbocycles. The van der Waals surface area contributed by atoms with E-state index in [2.05, 4.69) is 15.0 Å². The van der Waals surface area contributed by atoms with E-state index in [9.17, 15) is 21.6 Å². The number of carbonyl (C=O) groups excluding carboxylic acids is 1. The van der Waals surface area contributed by atoms with Crippen LogP contribution in [0.1, 0.15) is 10.4 Å². The van der Waals surface area contributed by atoms with Gasteiger partial charge in [0.05, 0.1) is 15.5 Å². The lowest BCUT2D eigenvalue weighted by molar-refractivity contribution is 0.102. The third-order valence-corrected chi connectivity index (χ3v) is 9.45. The zero-order valence-electron chi connectivity index (χ0n) is 20.4. The van der Waals surface area contributed by atoms with Gasteiger partial charge >= 0.3 is 0 Å². The first kappa shape index (κ1) is 27.2. The zero-order valence-corrected chi connectivity index (χ0v) is 22.8. The molecule has 0 aliphatic carbocycles. The summed E-state index contributed by atoms with van der Waals surface area (Å²) in [6, 6.07) is 23.3. The van der Waals surface area contributed by atoms with Crippen LogP contribution in [0.5, 0.6) is 0 Å².